The van der Waals surface area contributed by atoms with Gasteiger partial charge in [-0.3, -0.25) is 0 Å². The molecule has 2 rings (SSSR count). The van der Waals surface area contributed by atoms with Crippen molar-refractivity contribution in [2.45, 2.75) is 5.38 Å². The third-order valence-electron chi connectivity index (χ3n) is 2.04. The summed E-state index contributed by atoms with van der Waals surface area (Å²) in [6.07, 6.45) is 0. The molecule has 15 heavy (non-hydrogen) atoms. The lowest BCUT2D eigenvalue weighted by molar-refractivity contribution is 1.17. The molecule has 0 aliphatic carbocycles. The van der Waals surface area contributed by atoms with Gasteiger partial charge in [0.25, 0.3) is 0 Å². The Bertz CT molecular complexity index is 452. The van der Waals surface area contributed by atoms with Crippen molar-refractivity contribution >= 4 is 61.5 Å². The third kappa shape index (κ3) is 2.75. The fourth-order valence-electron chi connectivity index (χ4n) is 1.27. The maximum Gasteiger partial charge on any atom is 0.0939 e. The van der Waals surface area contributed by atoms with Crippen LogP contribution in [0.3, 0.4) is 0 Å². The van der Waals surface area contributed by atoms with Gasteiger partial charge in [0, 0.05) is 12.9 Å². The third-order valence-corrected chi connectivity index (χ3v) is 5.29. The minimum atomic E-state index is -0.0589. The maximum atomic E-state index is 6.41. The Kier molecular flexibility index (Phi) is 4.10. The standard InChI is InChI=1S/C11H7BrClIS/c12-9-5-6-15-11(9)10(13)7-1-3-8(14)4-2-7/h1-6,10H. The highest BCUT2D eigenvalue weighted by Gasteiger charge is 2.14. The van der Waals surface area contributed by atoms with Gasteiger partial charge in [0.1, 0.15) is 0 Å². The van der Waals surface area contributed by atoms with Crippen molar-refractivity contribution in [3.05, 3.63) is 54.2 Å². The average Bonchev–Trinajstić information content (AvgIpc) is 2.65. The maximum absolute atomic E-state index is 6.41. The fourth-order valence-corrected chi connectivity index (χ4v) is 3.78. The van der Waals surface area contributed by atoms with Gasteiger partial charge in [-0.1, -0.05) is 12.1 Å². The highest BCUT2D eigenvalue weighted by molar-refractivity contribution is 14.1. The van der Waals surface area contributed by atoms with Crippen LogP contribution in [0.5, 0.6) is 0 Å². The molecule has 0 aliphatic heterocycles. The largest absolute Gasteiger partial charge is 0.146 e. The predicted molar refractivity (Wildman–Crippen MR) is 78.9 cm³/mol. The minimum absolute atomic E-state index is 0.0589. The smallest absolute Gasteiger partial charge is 0.0939 e. The topological polar surface area (TPSA) is 0 Å². The van der Waals surface area contributed by atoms with Crippen molar-refractivity contribution in [2.24, 2.45) is 0 Å². The SMILES string of the molecule is ClC(c1ccc(I)cc1)c1sccc1Br. The van der Waals surface area contributed by atoms with Crippen molar-refractivity contribution in [1.29, 1.82) is 0 Å². The average molecular weight is 414 g/mol. The van der Waals surface area contributed by atoms with Gasteiger partial charge in [0.05, 0.1) is 5.38 Å². The molecule has 0 N–H and O–H groups in total. The number of thiophene rings is 1. The lowest BCUT2D eigenvalue weighted by Crippen LogP contribution is -1.90. The summed E-state index contributed by atoms with van der Waals surface area (Å²) in [5, 5.41) is 1.98. The molecular weight excluding hydrogens is 406 g/mol. The van der Waals surface area contributed by atoms with Gasteiger partial charge in [0.15, 0.2) is 0 Å². The van der Waals surface area contributed by atoms with E-state index in [0.717, 1.165) is 14.9 Å². The molecule has 0 amide bonds. The monoisotopic (exact) mass is 412 g/mol. The molecule has 0 spiro atoms. The second-order valence-electron chi connectivity index (χ2n) is 3.05. The predicted octanol–water partition coefficient (Wildman–Crippen LogP) is 5.44. The highest BCUT2D eigenvalue weighted by atomic mass is 127. The number of hydrogen-bond acceptors (Lipinski definition) is 1. The molecule has 0 radical (unpaired) electrons. The zero-order valence-corrected chi connectivity index (χ0v) is 12.9. The van der Waals surface area contributed by atoms with Crippen molar-refractivity contribution in [2.75, 3.05) is 0 Å². The summed E-state index contributed by atoms with van der Waals surface area (Å²) >= 11 is 13.9. The molecule has 1 unspecified atom stereocenters. The van der Waals surface area contributed by atoms with Crippen LogP contribution in [0.4, 0.5) is 0 Å². The molecule has 1 aromatic carbocycles. The van der Waals surface area contributed by atoms with E-state index in [0.29, 0.717) is 0 Å². The Morgan fingerprint density at radius 1 is 1.20 bits per heavy atom. The quantitative estimate of drug-likeness (QED) is 0.454. The first-order valence-electron chi connectivity index (χ1n) is 4.31. The summed E-state index contributed by atoms with van der Waals surface area (Å²) in [6, 6.07) is 10.3. The Morgan fingerprint density at radius 3 is 2.40 bits per heavy atom. The number of halogens is 3. The van der Waals surface area contributed by atoms with Gasteiger partial charge >= 0.3 is 0 Å². The molecule has 4 heteroatoms. The molecule has 0 nitrogen and oxygen atoms in total. The molecule has 0 fully saturated rings. The molecular formula is C11H7BrClIS. The molecule has 0 aliphatic rings. The van der Waals surface area contributed by atoms with Crippen LogP contribution in [0.15, 0.2) is 40.2 Å². The summed E-state index contributed by atoms with van der Waals surface area (Å²) in [5.74, 6) is 0. The summed E-state index contributed by atoms with van der Waals surface area (Å²) in [4.78, 5) is 1.16. The molecule has 1 heterocycles. The van der Waals surface area contributed by atoms with Crippen LogP contribution in [0.25, 0.3) is 0 Å². The Morgan fingerprint density at radius 2 is 1.87 bits per heavy atom. The molecule has 1 aromatic heterocycles. The van der Waals surface area contributed by atoms with Crippen LogP contribution in [0.2, 0.25) is 0 Å². The van der Waals surface area contributed by atoms with E-state index in [1.165, 1.54) is 3.57 Å². The van der Waals surface area contributed by atoms with Crippen LogP contribution in [-0.2, 0) is 0 Å². The Balaban J connectivity index is 2.32. The summed E-state index contributed by atoms with van der Waals surface area (Å²) in [6.45, 7) is 0. The van der Waals surface area contributed by atoms with Crippen LogP contribution >= 0.6 is 61.5 Å². The highest BCUT2D eigenvalue weighted by Crippen LogP contribution is 2.37. The van der Waals surface area contributed by atoms with E-state index in [9.17, 15) is 0 Å². The number of hydrogen-bond donors (Lipinski definition) is 0. The Hall–Kier alpha value is 0.420. The summed E-state index contributed by atoms with van der Waals surface area (Å²) in [7, 11) is 0. The first kappa shape index (κ1) is 11.9. The van der Waals surface area contributed by atoms with Gasteiger partial charge in [-0.25, -0.2) is 0 Å². The van der Waals surface area contributed by atoms with E-state index in [4.69, 9.17) is 11.6 Å². The number of benzene rings is 1. The van der Waals surface area contributed by atoms with E-state index >= 15 is 0 Å². The van der Waals surface area contributed by atoms with Gasteiger partial charge in [-0.05, 0) is 67.7 Å². The number of rotatable bonds is 2. The van der Waals surface area contributed by atoms with E-state index in [1.807, 2.05) is 11.4 Å². The van der Waals surface area contributed by atoms with Gasteiger partial charge in [-0.15, -0.1) is 22.9 Å². The second kappa shape index (κ2) is 5.17. The van der Waals surface area contributed by atoms with E-state index < -0.39 is 0 Å². The second-order valence-corrected chi connectivity index (χ2v) is 6.53. The minimum Gasteiger partial charge on any atom is -0.146 e. The zero-order valence-electron chi connectivity index (χ0n) is 7.58. The first-order chi connectivity index (χ1) is 7.18. The van der Waals surface area contributed by atoms with Crippen molar-refractivity contribution in [3.63, 3.8) is 0 Å². The first-order valence-corrected chi connectivity index (χ1v) is 7.49. The molecule has 0 bridgehead atoms. The normalized spacial score (nSPS) is 12.7. The molecule has 0 saturated heterocycles. The lowest BCUT2D eigenvalue weighted by atomic mass is 10.1. The zero-order chi connectivity index (χ0) is 10.8. The molecule has 78 valence electrons. The van der Waals surface area contributed by atoms with E-state index in [1.54, 1.807) is 11.3 Å². The molecule has 1 atom stereocenters. The lowest BCUT2D eigenvalue weighted by Gasteiger charge is -2.08. The summed E-state index contributed by atoms with van der Waals surface area (Å²) in [5.41, 5.74) is 1.14. The number of alkyl halides is 1. The fraction of sp³-hybridized carbons (Fsp3) is 0.0909. The molecule has 2 aromatic rings. The van der Waals surface area contributed by atoms with E-state index in [-0.39, 0.29) is 5.38 Å². The van der Waals surface area contributed by atoms with Crippen molar-refractivity contribution in [3.8, 4) is 0 Å². The van der Waals surface area contributed by atoms with Gasteiger partial charge < -0.3 is 0 Å². The van der Waals surface area contributed by atoms with Gasteiger partial charge in [-0.2, -0.15) is 0 Å². The van der Waals surface area contributed by atoms with E-state index in [2.05, 4.69) is 62.8 Å². The van der Waals surface area contributed by atoms with Crippen molar-refractivity contribution < 1.29 is 0 Å². The van der Waals surface area contributed by atoms with Crippen LogP contribution in [-0.4, -0.2) is 0 Å². The van der Waals surface area contributed by atoms with Gasteiger partial charge in [0.2, 0.25) is 0 Å². The van der Waals surface area contributed by atoms with Crippen LogP contribution < -0.4 is 0 Å². The van der Waals surface area contributed by atoms with Crippen LogP contribution in [0, 0.1) is 3.57 Å². The Labute approximate surface area is 120 Å². The molecule has 0 saturated carbocycles. The van der Waals surface area contributed by atoms with Crippen molar-refractivity contribution in [1.82, 2.24) is 0 Å². The van der Waals surface area contributed by atoms with Crippen LogP contribution in [0.1, 0.15) is 15.8 Å². The summed E-state index contributed by atoms with van der Waals surface area (Å²) < 4.78 is 2.32.